The molecule has 2 heterocycles. The van der Waals surface area contributed by atoms with Crippen LogP contribution in [0, 0.1) is 6.92 Å². The van der Waals surface area contributed by atoms with Gasteiger partial charge >= 0.3 is 5.69 Å². The third-order valence-corrected chi connectivity index (χ3v) is 5.53. The van der Waals surface area contributed by atoms with E-state index in [9.17, 15) is 19.8 Å². The van der Waals surface area contributed by atoms with Crippen molar-refractivity contribution in [3.63, 3.8) is 0 Å². The van der Waals surface area contributed by atoms with Crippen molar-refractivity contribution >= 4 is 0 Å². The molecule has 1 aliphatic heterocycles. The van der Waals surface area contributed by atoms with Crippen molar-refractivity contribution in [2.75, 3.05) is 33.9 Å². The highest BCUT2D eigenvalue weighted by Crippen LogP contribution is 2.31. The molecule has 1 saturated heterocycles. The average molecular weight is 464 g/mol. The van der Waals surface area contributed by atoms with Crippen molar-refractivity contribution in [2.24, 2.45) is 0 Å². The van der Waals surface area contributed by atoms with Crippen molar-refractivity contribution in [3.05, 3.63) is 68.5 Å². The Balaban J connectivity index is 1.81. The van der Waals surface area contributed by atoms with Gasteiger partial charge in [-0.3, -0.25) is 9.36 Å². The maximum Gasteiger partial charge on any atom is 0.335 e. The van der Waals surface area contributed by atoms with E-state index < -0.39 is 42.4 Å². The second kappa shape index (κ2) is 11.7. The highest BCUT2D eigenvalue weighted by Gasteiger charge is 2.45. The lowest BCUT2D eigenvalue weighted by Crippen LogP contribution is -2.45. The standard InChI is InChI=1S/C23H33N3O7/c1-16-12-25(22-20(19(28)18(13-27)33-22)32-11-7-10-24(2)3)23(30)26(21(16)29)15-31-14-17-8-5-4-6-9-17/h4-6,8-9,12,18-20,22,27-28H,7,10-11,13-15H2,1-3H3/t18-,19-,20-,22-/m1/s1. The summed E-state index contributed by atoms with van der Waals surface area (Å²) in [5.41, 5.74) is 0.119. The summed E-state index contributed by atoms with van der Waals surface area (Å²) in [5, 5.41) is 20.2. The maximum absolute atomic E-state index is 13.2. The Hall–Kier alpha value is -2.34. The summed E-state index contributed by atoms with van der Waals surface area (Å²) in [5.74, 6) is 0. The number of nitrogens with zero attached hydrogens (tertiary/aromatic N) is 3. The molecule has 0 spiro atoms. The maximum atomic E-state index is 13.2. The largest absolute Gasteiger partial charge is 0.394 e. The van der Waals surface area contributed by atoms with Crippen LogP contribution in [0.15, 0.2) is 46.1 Å². The molecule has 33 heavy (non-hydrogen) atoms. The summed E-state index contributed by atoms with van der Waals surface area (Å²) in [7, 11) is 3.90. The molecule has 10 nitrogen and oxygen atoms in total. The number of aliphatic hydroxyl groups is 2. The van der Waals surface area contributed by atoms with Crippen molar-refractivity contribution in [3.8, 4) is 0 Å². The average Bonchev–Trinajstić information content (AvgIpc) is 3.11. The minimum absolute atomic E-state index is 0.235. The van der Waals surface area contributed by atoms with Crippen LogP contribution in [0.5, 0.6) is 0 Å². The molecule has 1 aromatic carbocycles. The van der Waals surface area contributed by atoms with Gasteiger partial charge in [-0.15, -0.1) is 0 Å². The van der Waals surface area contributed by atoms with Crippen LogP contribution in [0.1, 0.15) is 23.8 Å². The first-order valence-corrected chi connectivity index (χ1v) is 11.0. The molecule has 1 aliphatic rings. The molecule has 0 amide bonds. The summed E-state index contributed by atoms with van der Waals surface area (Å²) in [6.07, 6.45) is -1.79. The second-order valence-corrected chi connectivity index (χ2v) is 8.43. The number of aliphatic hydroxyl groups excluding tert-OH is 2. The molecule has 2 aromatic rings. The summed E-state index contributed by atoms with van der Waals surface area (Å²) in [6.45, 7) is 2.30. The number of rotatable bonds is 11. The zero-order valence-corrected chi connectivity index (χ0v) is 19.3. The van der Waals surface area contributed by atoms with E-state index in [1.807, 2.05) is 49.3 Å². The fraction of sp³-hybridized carbons (Fsp3) is 0.565. The van der Waals surface area contributed by atoms with Crippen molar-refractivity contribution in [2.45, 2.75) is 51.2 Å². The molecule has 0 unspecified atom stereocenters. The molecule has 0 radical (unpaired) electrons. The molecule has 1 fully saturated rings. The SMILES string of the molecule is Cc1cn([C@@H]2O[C@H](CO)[C@@H](O)[C@H]2OCCCN(C)C)c(=O)n(COCc2ccccc2)c1=O. The van der Waals surface area contributed by atoms with Crippen LogP contribution in [-0.2, 0) is 27.5 Å². The van der Waals surface area contributed by atoms with Crippen LogP contribution >= 0.6 is 0 Å². The van der Waals surface area contributed by atoms with E-state index in [0.717, 1.165) is 16.7 Å². The first kappa shape index (κ1) is 25.3. The van der Waals surface area contributed by atoms with E-state index in [1.54, 1.807) is 6.92 Å². The summed E-state index contributed by atoms with van der Waals surface area (Å²) in [4.78, 5) is 27.9. The van der Waals surface area contributed by atoms with Gasteiger partial charge in [0.1, 0.15) is 25.0 Å². The fourth-order valence-corrected chi connectivity index (χ4v) is 3.76. The number of hydrogen-bond donors (Lipinski definition) is 2. The highest BCUT2D eigenvalue weighted by molar-refractivity contribution is 5.13. The molecular weight excluding hydrogens is 430 g/mol. The summed E-state index contributed by atoms with van der Waals surface area (Å²) >= 11 is 0. The Labute approximate surface area is 192 Å². The Morgan fingerprint density at radius 3 is 2.58 bits per heavy atom. The van der Waals surface area contributed by atoms with Crippen LogP contribution in [0.2, 0.25) is 0 Å². The molecular formula is C23H33N3O7. The molecule has 1 aromatic heterocycles. The summed E-state index contributed by atoms with van der Waals surface area (Å²) in [6, 6.07) is 9.42. The molecule has 0 bridgehead atoms. The van der Waals surface area contributed by atoms with Gasteiger partial charge in [0.2, 0.25) is 0 Å². The van der Waals surface area contributed by atoms with Gasteiger partial charge in [0.05, 0.1) is 13.2 Å². The van der Waals surface area contributed by atoms with Crippen LogP contribution in [0.3, 0.4) is 0 Å². The van der Waals surface area contributed by atoms with Gasteiger partial charge in [0, 0.05) is 18.4 Å². The van der Waals surface area contributed by atoms with E-state index in [1.165, 1.54) is 10.8 Å². The lowest BCUT2D eigenvalue weighted by Gasteiger charge is -2.24. The van der Waals surface area contributed by atoms with Gasteiger partial charge in [-0.1, -0.05) is 30.3 Å². The lowest BCUT2D eigenvalue weighted by molar-refractivity contribution is -0.0766. The van der Waals surface area contributed by atoms with E-state index >= 15 is 0 Å². The van der Waals surface area contributed by atoms with Crippen molar-refractivity contribution in [1.82, 2.24) is 14.0 Å². The Morgan fingerprint density at radius 1 is 1.18 bits per heavy atom. The zero-order valence-electron chi connectivity index (χ0n) is 19.3. The smallest absolute Gasteiger partial charge is 0.335 e. The van der Waals surface area contributed by atoms with Gasteiger partial charge in [-0.05, 0) is 39.5 Å². The molecule has 2 N–H and O–H groups in total. The fourth-order valence-electron chi connectivity index (χ4n) is 3.76. The third kappa shape index (κ3) is 6.17. The molecule has 0 saturated carbocycles. The van der Waals surface area contributed by atoms with Crippen LogP contribution in [0.4, 0.5) is 0 Å². The Morgan fingerprint density at radius 2 is 1.91 bits per heavy atom. The monoisotopic (exact) mass is 463 g/mol. The molecule has 3 rings (SSSR count). The predicted octanol–water partition coefficient (Wildman–Crippen LogP) is 0.0802. The number of aromatic nitrogens is 2. The normalized spacial score (nSPS) is 22.8. The Bertz CT molecular complexity index is 1010. The number of hydrogen-bond acceptors (Lipinski definition) is 8. The Kier molecular flexibility index (Phi) is 8.95. The minimum atomic E-state index is -1.12. The summed E-state index contributed by atoms with van der Waals surface area (Å²) < 4.78 is 19.5. The van der Waals surface area contributed by atoms with E-state index in [4.69, 9.17) is 14.2 Å². The zero-order chi connectivity index (χ0) is 24.0. The van der Waals surface area contributed by atoms with Gasteiger partial charge < -0.3 is 29.3 Å². The molecule has 0 aliphatic carbocycles. The van der Waals surface area contributed by atoms with Gasteiger partial charge in [0.15, 0.2) is 6.23 Å². The predicted molar refractivity (Wildman–Crippen MR) is 121 cm³/mol. The van der Waals surface area contributed by atoms with Gasteiger partial charge in [-0.2, -0.15) is 0 Å². The van der Waals surface area contributed by atoms with Crippen LogP contribution in [0.25, 0.3) is 0 Å². The van der Waals surface area contributed by atoms with Gasteiger partial charge in [0.25, 0.3) is 5.56 Å². The number of aryl methyl sites for hydroxylation is 1. The van der Waals surface area contributed by atoms with E-state index in [0.29, 0.717) is 18.6 Å². The first-order valence-electron chi connectivity index (χ1n) is 11.0. The number of benzene rings is 1. The topological polar surface area (TPSA) is 115 Å². The van der Waals surface area contributed by atoms with Crippen LogP contribution in [-0.4, -0.2) is 76.4 Å². The van der Waals surface area contributed by atoms with E-state index in [2.05, 4.69) is 0 Å². The van der Waals surface area contributed by atoms with Crippen molar-refractivity contribution < 1.29 is 24.4 Å². The van der Waals surface area contributed by atoms with E-state index in [-0.39, 0.29) is 13.3 Å². The quantitative estimate of drug-likeness (QED) is 0.450. The minimum Gasteiger partial charge on any atom is -0.394 e. The van der Waals surface area contributed by atoms with Crippen molar-refractivity contribution in [1.29, 1.82) is 0 Å². The van der Waals surface area contributed by atoms with Crippen LogP contribution < -0.4 is 11.2 Å². The van der Waals surface area contributed by atoms with Gasteiger partial charge in [-0.25, -0.2) is 9.36 Å². The highest BCUT2D eigenvalue weighted by atomic mass is 16.6. The lowest BCUT2D eigenvalue weighted by atomic mass is 10.1. The molecule has 182 valence electrons. The first-order chi connectivity index (χ1) is 15.8. The molecule has 4 atom stereocenters. The third-order valence-electron chi connectivity index (χ3n) is 5.53. The molecule has 10 heteroatoms. The second-order valence-electron chi connectivity index (χ2n) is 8.43. The number of ether oxygens (including phenoxy) is 3.